The molecule has 2 atom stereocenters. The summed E-state index contributed by atoms with van der Waals surface area (Å²) in [6.07, 6.45) is 84.1. The van der Waals surface area contributed by atoms with Gasteiger partial charge in [0.15, 0.2) is 0 Å². The average molecular weight is 1100 g/mol. The summed E-state index contributed by atoms with van der Waals surface area (Å²) in [6, 6.07) is -0.541. The molecule has 0 heterocycles. The standard InChI is InChI=1S/C72H141NO5/c1-3-5-7-9-11-13-15-17-19-33-38-42-46-50-54-58-62-66-72(77)78-67-63-59-55-51-47-43-39-35-32-30-28-26-24-22-21-23-25-27-29-31-34-37-41-45-49-53-57-61-65-71(76)73-69(68-74)70(75)64-60-56-52-48-44-40-36-20-18-16-14-12-10-8-6-4-2/h21-22,69-70,74-75H,3-20,23-68H2,1-2H3,(H,73,76)/b22-21-. The SMILES string of the molecule is CCCCCCCCCCCCCCCCCCCC(=O)OCCCCCCCCCCCCCC/C=C\CCCCCCCCCCCCCCC(=O)NC(CO)C(O)CCCCCCCCCCCCCCCCCC. The minimum atomic E-state index is -0.664. The zero-order valence-electron chi connectivity index (χ0n) is 53.2. The van der Waals surface area contributed by atoms with Crippen LogP contribution in [0.1, 0.15) is 412 Å². The number of ether oxygens (including phenoxy) is 1. The van der Waals surface area contributed by atoms with Crippen molar-refractivity contribution in [3.63, 3.8) is 0 Å². The molecule has 0 aromatic carbocycles. The van der Waals surface area contributed by atoms with Gasteiger partial charge in [-0.3, -0.25) is 9.59 Å². The van der Waals surface area contributed by atoms with Crippen LogP contribution < -0.4 is 5.32 Å². The van der Waals surface area contributed by atoms with Crippen molar-refractivity contribution in [2.75, 3.05) is 13.2 Å². The zero-order valence-corrected chi connectivity index (χ0v) is 53.2. The number of hydrogen-bond donors (Lipinski definition) is 3. The van der Waals surface area contributed by atoms with E-state index >= 15 is 0 Å². The fourth-order valence-electron chi connectivity index (χ4n) is 11.6. The minimum Gasteiger partial charge on any atom is -0.466 e. The van der Waals surface area contributed by atoms with Gasteiger partial charge in [-0.25, -0.2) is 0 Å². The molecular formula is C72H141NO5. The molecule has 464 valence electrons. The van der Waals surface area contributed by atoms with Gasteiger partial charge in [0, 0.05) is 12.8 Å². The summed E-state index contributed by atoms with van der Waals surface area (Å²) in [6.45, 7) is 5.00. The minimum absolute atomic E-state index is 0.0209. The van der Waals surface area contributed by atoms with Crippen LogP contribution in [-0.4, -0.2) is 47.4 Å². The van der Waals surface area contributed by atoms with Crippen molar-refractivity contribution in [3.05, 3.63) is 12.2 Å². The Morgan fingerprint density at radius 2 is 0.603 bits per heavy atom. The Morgan fingerprint density at radius 3 is 0.910 bits per heavy atom. The highest BCUT2D eigenvalue weighted by Gasteiger charge is 2.20. The topological polar surface area (TPSA) is 95.9 Å². The number of hydrogen-bond acceptors (Lipinski definition) is 5. The number of rotatable bonds is 68. The van der Waals surface area contributed by atoms with E-state index in [4.69, 9.17) is 4.74 Å². The summed E-state index contributed by atoms with van der Waals surface area (Å²) in [4.78, 5) is 24.6. The molecule has 0 aliphatic carbocycles. The molecule has 0 saturated heterocycles. The van der Waals surface area contributed by atoms with Gasteiger partial charge in [0.1, 0.15) is 0 Å². The molecule has 0 aliphatic rings. The molecule has 0 rings (SSSR count). The van der Waals surface area contributed by atoms with Crippen molar-refractivity contribution >= 4 is 11.9 Å². The molecule has 0 aliphatic heterocycles. The number of aliphatic hydroxyl groups is 2. The van der Waals surface area contributed by atoms with Gasteiger partial charge in [0.25, 0.3) is 0 Å². The van der Waals surface area contributed by atoms with Crippen LogP contribution >= 0.6 is 0 Å². The third-order valence-corrected chi connectivity index (χ3v) is 17.1. The van der Waals surface area contributed by atoms with Crippen molar-refractivity contribution in [1.82, 2.24) is 5.32 Å². The summed E-state index contributed by atoms with van der Waals surface area (Å²) < 4.78 is 5.51. The van der Waals surface area contributed by atoms with Crippen LogP contribution in [0.3, 0.4) is 0 Å². The van der Waals surface area contributed by atoms with Crippen LogP contribution in [0.25, 0.3) is 0 Å². The van der Waals surface area contributed by atoms with Gasteiger partial charge >= 0.3 is 5.97 Å². The van der Waals surface area contributed by atoms with E-state index in [1.54, 1.807) is 0 Å². The Morgan fingerprint density at radius 1 is 0.346 bits per heavy atom. The lowest BCUT2D eigenvalue weighted by atomic mass is 10.0. The molecule has 0 spiro atoms. The van der Waals surface area contributed by atoms with Crippen LogP contribution in [-0.2, 0) is 14.3 Å². The molecule has 0 aromatic rings. The monoisotopic (exact) mass is 1100 g/mol. The predicted octanol–water partition coefficient (Wildman–Crippen LogP) is 23.1. The van der Waals surface area contributed by atoms with E-state index in [2.05, 4.69) is 31.3 Å². The van der Waals surface area contributed by atoms with E-state index in [-0.39, 0.29) is 18.5 Å². The smallest absolute Gasteiger partial charge is 0.305 e. The maximum Gasteiger partial charge on any atom is 0.305 e. The van der Waals surface area contributed by atoms with Gasteiger partial charge in [-0.1, -0.05) is 360 Å². The van der Waals surface area contributed by atoms with Crippen LogP contribution in [0.2, 0.25) is 0 Å². The van der Waals surface area contributed by atoms with Gasteiger partial charge in [-0.05, 0) is 51.4 Å². The fraction of sp³-hybridized carbons (Fsp3) is 0.944. The molecule has 1 amide bonds. The molecule has 6 heteroatoms. The highest BCUT2D eigenvalue weighted by atomic mass is 16.5. The van der Waals surface area contributed by atoms with E-state index in [1.165, 1.54) is 340 Å². The first kappa shape index (κ1) is 76.6. The van der Waals surface area contributed by atoms with Crippen LogP contribution in [0.15, 0.2) is 12.2 Å². The van der Waals surface area contributed by atoms with Crippen LogP contribution in [0.4, 0.5) is 0 Å². The summed E-state index contributed by atoms with van der Waals surface area (Å²) in [5.41, 5.74) is 0. The highest BCUT2D eigenvalue weighted by molar-refractivity contribution is 5.76. The van der Waals surface area contributed by atoms with Crippen molar-refractivity contribution in [3.8, 4) is 0 Å². The first-order valence-corrected chi connectivity index (χ1v) is 35.9. The first-order valence-electron chi connectivity index (χ1n) is 35.9. The second kappa shape index (κ2) is 68.1. The molecule has 3 N–H and O–H groups in total. The lowest BCUT2D eigenvalue weighted by molar-refractivity contribution is -0.143. The number of carbonyl (C=O) groups is 2. The summed E-state index contributed by atoms with van der Waals surface area (Å²) >= 11 is 0. The number of allylic oxidation sites excluding steroid dienone is 2. The van der Waals surface area contributed by atoms with Gasteiger partial charge < -0.3 is 20.3 Å². The van der Waals surface area contributed by atoms with Crippen molar-refractivity contribution in [1.29, 1.82) is 0 Å². The molecule has 78 heavy (non-hydrogen) atoms. The summed E-state index contributed by atoms with van der Waals surface area (Å²) in [7, 11) is 0. The van der Waals surface area contributed by atoms with Gasteiger partial charge in [-0.15, -0.1) is 0 Å². The van der Waals surface area contributed by atoms with E-state index in [1.807, 2.05) is 0 Å². The highest BCUT2D eigenvalue weighted by Crippen LogP contribution is 2.19. The third-order valence-electron chi connectivity index (χ3n) is 17.1. The molecule has 2 unspecified atom stereocenters. The Balaban J connectivity index is 3.35. The summed E-state index contributed by atoms with van der Waals surface area (Å²) in [5.74, 6) is -0.0103. The van der Waals surface area contributed by atoms with Crippen LogP contribution in [0.5, 0.6) is 0 Å². The Labute approximate surface area is 489 Å². The first-order chi connectivity index (χ1) is 38.5. The van der Waals surface area contributed by atoms with Gasteiger partial charge in [0.2, 0.25) is 5.91 Å². The van der Waals surface area contributed by atoms with Crippen molar-refractivity contribution < 1.29 is 24.5 Å². The Kier molecular flexibility index (Phi) is 66.9. The molecule has 6 nitrogen and oxygen atoms in total. The quantitative estimate of drug-likeness (QED) is 0.0320. The molecule has 0 radical (unpaired) electrons. The molecule has 0 bridgehead atoms. The van der Waals surface area contributed by atoms with Gasteiger partial charge in [-0.2, -0.15) is 0 Å². The molecule has 0 fully saturated rings. The van der Waals surface area contributed by atoms with Crippen molar-refractivity contribution in [2.24, 2.45) is 0 Å². The second-order valence-electron chi connectivity index (χ2n) is 24.9. The lowest BCUT2D eigenvalue weighted by Gasteiger charge is -2.22. The second-order valence-corrected chi connectivity index (χ2v) is 24.9. The summed E-state index contributed by atoms with van der Waals surface area (Å²) in [5, 5.41) is 23.4. The Hall–Kier alpha value is -1.40. The number of unbranched alkanes of at least 4 members (excludes halogenated alkanes) is 55. The largest absolute Gasteiger partial charge is 0.466 e. The average Bonchev–Trinajstić information content (AvgIpc) is 3.44. The lowest BCUT2D eigenvalue weighted by Crippen LogP contribution is -2.45. The molecular weight excluding hydrogens is 959 g/mol. The zero-order chi connectivity index (χ0) is 56.4. The Bertz CT molecular complexity index is 1180. The fourth-order valence-corrected chi connectivity index (χ4v) is 11.6. The predicted molar refractivity (Wildman–Crippen MR) is 343 cm³/mol. The maximum absolute atomic E-state index is 12.5. The van der Waals surface area contributed by atoms with E-state index in [0.29, 0.717) is 25.9 Å². The maximum atomic E-state index is 12.5. The number of nitrogens with one attached hydrogen (secondary N) is 1. The number of esters is 1. The van der Waals surface area contributed by atoms with Crippen LogP contribution in [0, 0.1) is 0 Å². The van der Waals surface area contributed by atoms with E-state index in [9.17, 15) is 19.8 Å². The number of carbonyl (C=O) groups excluding carboxylic acids is 2. The van der Waals surface area contributed by atoms with E-state index in [0.717, 1.165) is 38.5 Å². The van der Waals surface area contributed by atoms with E-state index < -0.39 is 12.1 Å². The molecule has 0 saturated carbocycles. The van der Waals surface area contributed by atoms with Crippen molar-refractivity contribution in [2.45, 2.75) is 424 Å². The third kappa shape index (κ3) is 63.8. The number of amides is 1. The molecule has 0 aromatic heterocycles. The van der Waals surface area contributed by atoms with Gasteiger partial charge in [0.05, 0.1) is 25.4 Å². The normalized spacial score (nSPS) is 12.5. The number of aliphatic hydroxyl groups excluding tert-OH is 2.